The summed E-state index contributed by atoms with van der Waals surface area (Å²) >= 11 is 0. The maximum Gasteiger partial charge on any atom is 0.147 e. The van der Waals surface area contributed by atoms with Gasteiger partial charge in [-0.15, -0.1) is 10.2 Å². The third-order valence-corrected chi connectivity index (χ3v) is 4.57. The summed E-state index contributed by atoms with van der Waals surface area (Å²) in [5.41, 5.74) is 11.4. The lowest BCUT2D eigenvalue weighted by Crippen LogP contribution is -2.40. The average Bonchev–Trinajstić information content (AvgIpc) is 2.92. The van der Waals surface area contributed by atoms with Crippen LogP contribution in [0.4, 0.5) is 0 Å². The summed E-state index contributed by atoms with van der Waals surface area (Å²) < 4.78 is 2.12. The molecule has 5 nitrogen and oxygen atoms in total. The molecule has 0 amide bonds. The van der Waals surface area contributed by atoms with Gasteiger partial charge in [-0.2, -0.15) is 0 Å². The number of hydrogen-bond donors (Lipinski definition) is 1. The van der Waals surface area contributed by atoms with Crippen LogP contribution in [0.25, 0.3) is 0 Å². The van der Waals surface area contributed by atoms with Gasteiger partial charge in [0.15, 0.2) is 0 Å². The highest BCUT2D eigenvalue weighted by Gasteiger charge is 2.26. The van der Waals surface area contributed by atoms with Crippen molar-refractivity contribution >= 4 is 0 Å². The van der Waals surface area contributed by atoms with E-state index in [4.69, 9.17) is 5.73 Å². The van der Waals surface area contributed by atoms with Crippen LogP contribution in [0.15, 0.2) is 18.5 Å². The highest BCUT2D eigenvalue weighted by Crippen LogP contribution is 2.28. The molecule has 2 heterocycles. The number of nitrogens with two attached hydrogens (primary N) is 1. The molecule has 1 atom stereocenters. The standard InChI is InChI=1S/C16H23N5/c1-11-6-13(3)14(7-12(11)2)15(8-17)20-4-5-21-10-18-19-16(21)9-20/h6-7,10,15H,4-5,8-9,17H2,1-3H3. The molecule has 0 bridgehead atoms. The van der Waals surface area contributed by atoms with Crippen LogP contribution >= 0.6 is 0 Å². The number of rotatable bonds is 3. The molecular weight excluding hydrogens is 262 g/mol. The van der Waals surface area contributed by atoms with Crippen LogP contribution in [0.2, 0.25) is 0 Å². The molecule has 1 aromatic heterocycles. The van der Waals surface area contributed by atoms with Crippen molar-refractivity contribution in [1.29, 1.82) is 0 Å². The summed E-state index contributed by atoms with van der Waals surface area (Å²) in [5.74, 6) is 1.03. The SMILES string of the molecule is Cc1cc(C)c(C(CN)N2CCn3cnnc3C2)cc1C. The number of nitrogens with zero attached hydrogens (tertiary/aromatic N) is 4. The molecule has 1 unspecified atom stereocenters. The van der Waals surface area contributed by atoms with E-state index in [9.17, 15) is 0 Å². The second-order valence-electron chi connectivity index (χ2n) is 5.96. The zero-order valence-corrected chi connectivity index (χ0v) is 13.0. The molecule has 2 N–H and O–H groups in total. The van der Waals surface area contributed by atoms with Crippen LogP contribution in [0.3, 0.4) is 0 Å². The lowest BCUT2D eigenvalue weighted by atomic mass is 9.94. The molecule has 2 aromatic rings. The van der Waals surface area contributed by atoms with Gasteiger partial charge in [-0.05, 0) is 43.0 Å². The summed E-state index contributed by atoms with van der Waals surface area (Å²) in [6.07, 6.45) is 1.81. The zero-order valence-electron chi connectivity index (χ0n) is 13.0. The van der Waals surface area contributed by atoms with E-state index in [1.807, 2.05) is 6.33 Å². The topological polar surface area (TPSA) is 60.0 Å². The smallest absolute Gasteiger partial charge is 0.147 e. The number of hydrogen-bond acceptors (Lipinski definition) is 4. The van der Waals surface area contributed by atoms with Gasteiger partial charge < -0.3 is 10.3 Å². The van der Waals surface area contributed by atoms with E-state index in [0.717, 1.165) is 25.5 Å². The van der Waals surface area contributed by atoms with Gasteiger partial charge in [0.05, 0.1) is 6.54 Å². The molecule has 1 aromatic carbocycles. The summed E-state index contributed by atoms with van der Waals surface area (Å²) in [4.78, 5) is 2.42. The van der Waals surface area contributed by atoms with Crippen LogP contribution in [-0.4, -0.2) is 32.8 Å². The minimum atomic E-state index is 0.245. The van der Waals surface area contributed by atoms with E-state index in [0.29, 0.717) is 6.54 Å². The minimum absolute atomic E-state index is 0.245. The van der Waals surface area contributed by atoms with Crippen LogP contribution in [0, 0.1) is 20.8 Å². The fraction of sp³-hybridized carbons (Fsp3) is 0.500. The quantitative estimate of drug-likeness (QED) is 0.933. The van der Waals surface area contributed by atoms with Crippen molar-refractivity contribution in [2.75, 3.05) is 13.1 Å². The normalized spacial score (nSPS) is 16.8. The van der Waals surface area contributed by atoms with Gasteiger partial charge in [-0.25, -0.2) is 0 Å². The Labute approximate surface area is 125 Å². The molecule has 0 fully saturated rings. The Balaban J connectivity index is 1.91. The molecule has 0 radical (unpaired) electrons. The third-order valence-electron chi connectivity index (χ3n) is 4.57. The van der Waals surface area contributed by atoms with Crippen LogP contribution in [-0.2, 0) is 13.1 Å². The van der Waals surface area contributed by atoms with E-state index in [2.05, 4.69) is 52.6 Å². The Kier molecular flexibility index (Phi) is 3.78. The summed E-state index contributed by atoms with van der Waals surface area (Å²) in [6.45, 7) is 9.86. The van der Waals surface area contributed by atoms with Crippen molar-refractivity contribution in [3.8, 4) is 0 Å². The number of aromatic nitrogens is 3. The summed E-state index contributed by atoms with van der Waals surface area (Å²) in [7, 11) is 0. The molecule has 1 aliphatic heterocycles. The van der Waals surface area contributed by atoms with Crippen LogP contribution in [0.1, 0.15) is 34.1 Å². The third kappa shape index (κ3) is 2.59. The maximum atomic E-state index is 6.10. The Morgan fingerprint density at radius 3 is 2.67 bits per heavy atom. The van der Waals surface area contributed by atoms with E-state index < -0.39 is 0 Å². The zero-order chi connectivity index (χ0) is 15.0. The predicted molar refractivity (Wildman–Crippen MR) is 82.9 cm³/mol. The van der Waals surface area contributed by atoms with Crippen molar-refractivity contribution in [1.82, 2.24) is 19.7 Å². The molecule has 0 saturated carbocycles. The van der Waals surface area contributed by atoms with Crippen LogP contribution in [0.5, 0.6) is 0 Å². The average molecular weight is 285 g/mol. The second kappa shape index (κ2) is 5.58. The van der Waals surface area contributed by atoms with E-state index in [-0.39, 0.29) is 6.04 Å². The van der Waals surface area contributed by atoms with Gasteiger partial charge in [0.1, 0.15) is 12.2 Å². The molecule has 5 heteroatoms. The first-order chi connectivity index (χ1) is 10.1. The van der Waals surface area contributed by atoms with Gasteiger partial charge in [0.25, 0.3) is 0 Å². The fourth-order valence-corrected chi connectivity index (χ4v) is 3.17. The van der Waals surface area contributed by atoms with Gasteiger partial charge in [0.2, 0.25) is 0 Å². The molecule has 3 rings (SSSR count). The number of fused-ring (bicyclic) bond motifs is 1. The first-order valence-corrected chi connectivity index (χ1v) is 7.48. The van der Waals surface area contributed by atoms with Gasteiger partial charge >= 0.3 is 0 Å². The van der Waals surface area contributed by atoms with Crippen molar-refractivity contribution in [3.63, 3.8) is 0 Å². The van der Waals surface area contributed by atoms with Gasteiger partial charge in [-0.1, -0.05) is 12.1 Å². The summed E-state index contributed by atoms with van der Waals surface area (Å²) in [5, 5.41) is 8.20. The fourth-order valence-electron chi connectivity index (χ4n) is 3.17. The lowest BCUT2D eigenvalue weighted by Gasteiger charge is -2.35. The first-order valence-electron chi connectivity index (χ1n) is 7.48. The van der Waals surface area contributed by atoms with Crippen molar-refractivity contribution in [3.05, 3.63) is 46.5 Å². The van der Waals surface area contributed by atoms with Crippen molar-refractivity contribution < 1.29 is 0 Å². The molecule has 0 spiro atoms. The monoisotopic (exact) mass is 285 g/mol. The molecule has 112 valence electrons. The molecule has 1 aliphatic rings. The molecular formula is C16H23N5. The molecule has 0 aliphatic carbocycles. The Hall–Kier alpha value is -1.72. The van der Waals surface area contributed by atoms with E-state index in [1.54, 1.807) is 0 Å². The Morgan fingerprint density at radius 1 is 1.14 bits per heavy atom. The molecule has 0 saturated heterocycles. The second-order valence-corrected chi connectivity index (χ2v) is 5.96. The largest absolute Gasteiger partial charge is 0.329 e. The van der Waals surface area contributed by atoms with Gasteiger partial charge in [-0.3, -0.25) is 4.90 Å². The van der Waals surface area contributed by atoms with E-state index in [1.165, 1.54) is 22.3 Å². The summed E-state index contributed by atoms with van der Waals surface area (Å²) in [6, 6.07) is 4.80. The Bertz CT molecular complexity index is 646. The van der Waals surface area contributed by atoms with Crippen LogP contribution < -0.4 is 5.73 Å². The molecule has 21 heavy (non-hydrogen) atoms. The first kappa shape index (κ1) is 14.2. The van der Waals surface area contributed by atoms with Crippen molar-refractivity contribution in [2.45, 2.75) is 39.9 Å². The number of benzene rings is 1. The van der Waals surface area contributed by atoms with Crippen molar-refractivity contribution in [2.24, 2.45) is 5.73 Å². The van der Waals surface area contributed by atoms with Gasteiger partial charge in [0, 0.05) is 25.7 Å². The Morgan fingerprint density at radius 2 is 1.90 bits per heavy atom. The number of aryl methyl sites for hydroxylation is 3. The maximum absolute atomic E-state index is 6.10. The highest BCUT2D eigenvalue weighted by molar-refractivity contribution is 5.38. The minimum Gasteiger partial charge on any atom is -0.329 e. The lowest BCUT2D eigenvalue weighted by molar-refractivity contribution is 0.156. The van der Waals surface area contributed by atoms with E-state index >= 15 is 0 Å². The highest BCUT2D eigenvalue weighted by atomic mass is 15.3. The predicted octanol–water partition coefficient (Wildman–Crippen LogP) is 1.72.